The fourth-order valence-corrected chi connectivity index (χ4v) is 4.02. The number of para-hydroxylation sites is 1. The highest BCUT2D eigenvalue weighted by Crippen LogP contribution is 2.31. The van der Waals surface area contributed by atoms with Gasteiger partial charge in [0.1, 0.15) is 11.6 Å². The molecule has 1 aromatic heterocycles. The summed E-state index contributed by atoms with van der Waals surface area (Å²) < 4.78 is 67.8. The van der Waals surface area contributed by atoms with E-state index in [1.807, 2.05) is 0 Å². The van der Waals surface area contributed by atoms with E-state index in [0.29, 0.717) is 17.1 Å². The Bertz CT molecular complexity index is 1330. The van der Waals surface area contributed by atoms with Crippen molar-refractivity contribution in [1.29, 1.82) is 0 Å². The molecule has 0 spiro atoms. The summed E-state index contributed by atoms with van der Waals surface area (Å²) in [7, 11) is 0. The fourth-order valence-electron chi connectivity index (χ4n) is 3.07. The van der Waals surface area contributed by atoms with Gasteiger partial charge in [-0.05, 0) is 35.9 Å². The molecule has 0 amide bonds. The normalized spacial score (nSPS) is 11.8. The smallest absolute Gasteiger partial charge is 0.268 e. The summed E-state index contributed by atoms with van der Waals surface area (Å²) >= 11 is 0.980. The zero-order valence-electron chi connectivity index (χ0n) is 15.7. The largest absolute Gasteiger partial charge is 0.416 e. The third-order valence-electron chi connectivity index (χ3n) is 4.52. The van der Waals surface area contributed by atoms with Crippen molar-refractivity contribution in [3.8, 4) is 5.69 Å². The van der Waals surface area contributed by atoms with Crippen LogP contribution in [0.3, 0.4) is 0 Å². The number of halogens is 5. The second kappa shape index (κ2) is 8.14. The molecule has 3 nitrogen and oxygen atoms in total. The van der Waals surface area contributed by atoms with Crippen LogP contribution in [0.2, 0.25) is 0 Å². The molecule has 1 heterocycles. The van der Waals surface area contributed by atoms with Crippen molar-refractivity contribution in [2.45, 2.75) is 17.1 Å². The Morgan fingerprint density at radius 3 is 2.45 bits per heavy atom. The van der Waals surface area contributed by atoms with Crippen LogP contribution in [0.1, 0.15) is 11.1 Å². The van der Waals surface area contributed by atoms with E-state index in [0.717, 1.165) is 40.6 Å². The molecule has 0 saturated carbocycles. The lowest BCUT2D eigenvalue weighted by molar-refractivity contribution is -0.137. The van der Waals surface area contributed by atoms with Gasteiger partial charge in [0.05, 0.1) is 22.2 Å². The molecule has 0 N–H and O–H groups in total. The van der Waals surface area contributed by atoms with Gasteiger partial charge >= 0.3 is 6.18 Å². The van der Waals surface area contributed by atoms with E-state index in [4.69, 9.17) is 0 Å². The van der Waals surface area contributed by atoms with Crippen LogP contribution in [0.5, 0.6) is 0 Å². The molecule has 0 bridgehead atoms. The maximum Gasteiger partial charge on any atom is 0.416 e. The third kappa shape index (κ3) is 4.32. The quantitative estimate of drug-likeness (QED) is 0.219. The van der Waals surface area contributed by atoms with Gasteiger partial charge in [0.25, 0.3) is 5.56 Å². The van der Waals surface area contributed by atoms with E-state index >= 15 is 0 Å². The Labute approximate surface area is 177 Å². The lowest BCUT2D eigenvalue weighted by Crippen LogP contribution is -2.22. The first-order valence-electron chi connectivity index (χ1n) is 9.00. The predicted molar refractivity (Wildman–Crippen MR) is 108 cm³/mol. The van der Waals surface area contributed by atoms with Gasteiger partial charge in [0.2, 0.25) is 0 Å². The number of alkyl halides is 3. The van der Waals surface area contributed by atoms with Crippen LogP contribution in [-0.4, -0.2) is 9.55 Å². The Kier molecular flexibility index (Phi) is 5.53. The number of fused-ring (bicyclic) bond motifs is 1. The van der Waals surface area contributed by atoms with E-state index in [9.17, 15) is 26.7 Å². The van der Waals surface area contributed by atoms with E-state index in [-0.39, 0.29) is 22.0 Å². The van der Waals surface area contributed by atoms with Crippen molar-refractivity contribution in [3.05, 3.63) is 99.8 Å². The van der Waals surface area contributed by atoms with Gasteiger partial charge in [0, 0.05) is 11.8 Å². The van der Waals surface area contributed by atoms with Gasteiger partial charge in [-0.2, -0.15) is 13.2 Å². The predicted octanol–water partition coefficient (Wildman–Crippen LogP) is 5.98. The average Bonchev–Trinajstić information content (AvgIpc) is 2.73. The van der Waals surface area contributed by atoms with Gasteiger partial charge in [-0.25, -0.2) is 13.8 Å². The highest BCUT2D eigenvalue weighted by molar-refractivity contribution is 7.98. The second-order valence-corrected chi connectivity index (χ2v) is 7.58. The molecule has 0 aliphatic heterocycles. The molecule has 9 heteroatoms. The standard InChI is InChI=1S/C22H13F5N2OS/c23-15-8-9-19(17(24)11-15)29-20(30)16-6-1-2-7-18(16)28-21(29)31-12-13-4-3-5-14(10-13)22(25,26)27/h1-11H,12H2. The summed E-state index contributed by atoms with van der Waals surface area (Å²) in [6, 6.07) is 14.0. The molecule has 4 aromatic rings. The van der Waals surface area contributed by atoms with Crippen LogP contribution in [0.25, 0.3) is 16.6 Å². The number of thioether (sulfide) groups is 1. The molecule has 3 aromatic carbocycles. The van der Waals surface area contributed by atoms with Crippen LogP contribution in [0.15, 0.2) is 76.7 Å². The monoisotopic (exact) mass is 448 g/mol. The SMILES string of the molecule is O=c1c2ccccc2nc(SCc2cccc(C(F)(F)F)c2)n1-c1ccc(F)cc1F. The molecule has 31 heavy (non-hydrogen) atoms. The molecule has 158 valence electrons. The molecule has 0 fully saturated rings. The Balaban J connectivity index is 1.81. The molecule has 0 saturated heterocycles. The molecular formula is C22H13F5N2OS. The number of aromatic nitrogens is 2. The molecule has 0 atom stereocenters. The van der Waals surface area contributed by atoms with E-state index < -0.39 is 28.9 Å². The van der Waals surface area contributed by atoms with Gasteiger partial charge in [-0.1, -0.05) is 42.1 Å². The van der Waals surface area contributed by atoms with Crippen molar-refractivity contribution in [3.63, 3.8) is 0 Å². The van der Waals surface area contributed by atoms with Gasteiger partial charge < -0.3 is 0 Å². The zero-order valence-corrected chi connectivity index (χ0v) is 16.5. The first-order valence-corrected chi connectivity index (χ1v) is 9.99. The summed E-state index contributed by atoms with van der Waals surface area (Å²) in [5, 5.41) is 0.307. The summed E-state index contributed by atoms with van der Waals surface area (Å²) in [5.41, 5.74) is -0.843. The van der Waals surface area contributed by atoms with Crippen LogP contribution < -0.4 is 5.56 Å². The van der Waals surface area contributed by atoms with Gasteiger partial charge in [-0.3, -0.25) is 9.36 Å². The van der Waals surface area contributed by atoms with E-state index in [1.165, 1.54) is 18.2 Å². The summed E-state index contributed by atoms with van der Waals surface area (Å²) in [5.74, 6) is -1.71. The Hall–Kier alpha value is -3.20. The van der Waals surface area contributed by atoms with Gasteiger partial charge in [-0.15, -0.1) is 0 Å². The lowest BCUT2D eigenvalue weighted by Gasteiger charge is -2.14. The van der Waals surface area contributed by atoms with Crippen molar-refractivity contribution < 1.29 is 22.0 Å². The number of rotatable bonds is 4. The highest BCUT2D eigenvalue weighted by atomic mass is 32.2. The molecule has 4 rings (SSSR count). The highest BCUT2D eigenvalue weighted by Gasteiger charge is 2.30. The first-order chi connectivity index (χ1) is 14.7. The second-order valence-electron chi connectivity index (χ2n) is 6.63. The molecular weight excluding hydrogens is 435 g/mol. The minimum absolute atomic E-state index is 0.0531. The van der Waals surface area contributed by atoms with Crippen molar-refractivity contribution in [2.24, 2.45) is 0 Å². The van der Waals surface area contributed by atoms with Crippen LogP contribution in [-0.2, 0) is 11.9 Å². The Morgan fingerprint density at radius 1 is 0.935 bits per heavy atom. The number of hydrogen-bond donors (Lipinski definition) is 0. The summed E-state index contributed by atoms with van der Waals surface area (Å²) in [6.07, 6.45) is -4.48. The first kappa shape index (κ1) is 21.0. The third-order valence-corrected chi connectivity index (χ3v) is 5.53. The zero-order chi connectivity index (χ0) is 22.2. The van der Waals surface area contributed by atoms with Crippen LogP contribution >= 0.6 is 11.8 Å². The van der Waals surface area contributed by atoms with Crippen LogP contribution in [0, 0.1) is 11.6 Å². The molecule has 0 aliphatic rings. The molecule has 0 unspecified atom stereocenters. The summed E-state index contributed by atoms with van der Waals surface area (Å²) in [6.45, 7) is 0. The lowest BCUT2D eigenvalue weighted by atomic mass is 10.1. The van der Waals surface area contributed by atoms with E-state index in [2.05, 4.69) is 4.98 Å². The number of hydrogen-bond acceptors (Lipinski definition) is 3. The minimum Gasteiger partial charge on any atom is -0.268 e. The van der Waals surface area contributed by atoms with Crippen molar-refractivity contribution >= 4 is 22.7 Å². The summed E-state index contributed by atoms with van der Waals surface area (Å²) in [4.78, 5) is 17.5. The molecule has 0 aliphatic carbocycles. The number of nitrogens with zero attached hydrogens (tertiary/aromatic N) is 2. The van der Waals surface area contributed by atoms with Gasteiger partial charge in [0.15, 0.2) is 5.16 Å². The fraction of sp³-hybridized carbons (Fsp3) is 0.0909. The Morgan fingerprint density at radius 2 is 1.71 bits per heavy atom. The molecule has 0 radical (unpaired) electrons. The topological polar surface area (TPSA) is 34.9 Å². The van der Waals surface area contributed by atoms with Crippen LogP contribution in [0.4, 0.5) is 22.0 Å². The average molecular weight is 448 g/mol. The maximum atomic E-state index is 14.5. The maximum absolute atomic E-state index is 14.5. The minimum atomic E-state index is -4.48. The number of benzene rings is 3. The van der Waals surface area contributed by atoms with Crippen molar-refractivity contribution in [2.75, 3.05) is 0 Å². The van der Waals surface area contributed by atoms with E-state index in [1.54, 1.807) is 18.2 Å². The van der Waals surface area contributed by atoms with Crippen molar-refractivity contribution in [1.82, 2.24) is 9.55 Å².